The normalized spacial score (nSPS) is 32.0. The van der Waals surface area contributed by atoms with Gasteiger partial charge >= 0.3 is 14.8 Å². The summed E-state index contributed by atoms with van der Waals surface area (Å²) in [4.78, 5) is 16.1. The van der Waals surface area contributed by atoms with Crippen LogP contribution in [0.3, 0.4) is 0 Å². The van der Waals surface area contributed by atoms with Crippen LogP contribution in [-0.2, 0) is 18.0 Å². The van der Waals surface area contributed by atoms with Crippen molar-refractivity contribution in [3.05, 3.63) is 0 Å². The van der Waals surface area contributed by atoms with Crippen molar-refractivity contribution in [1.29, 1.82) is 0 Å². The van der Waals surface area contributed by atoms with Crippen molar-refractivity contribution in [1.82, 2.24) is 15.1 Å². The highest BCUT2D eigenvalue weighted by Gasteiger charge is 2.43. The second-order valence-corrected chi connectivity index (χ2v) is 8.74. The Balaban J connectivity index is 1.40. The molecule has 0 saturated carbocycles. The quantitative estimate of drug-likeness (QED) is 0.559. The molecule has 4 saturated heterocycles. The van der Waals surface area contributed by atoms with Crippen molar-refractivity contribution in [2.45, 2.75) is 12.5 Å². The first-order valence-electron chi connectivity index (χ1n) is 8.52. The van der Waals surface area contributed by atoms with Crippen LogP contribution in [-0.4, -0.2) is 96.9 Å². The maximum atomic E-state index is 12.0. The van der Waals surface area contributed by atoms with Gasteiger partial charge in [0.25, 0.3) is 0 Å². The van der Waals surface area contributed by atoms with Crippen LogP contribution in [0.2, 0.25) is 6.04 Å². The molecule has 0 aromatic carbocycles. The first-order valence-corrected chi connectivity index (χ1v) is 10.5. The standard InChI is InChI=1S/C14H27N3O5Si/c18-14(17-6-8-19-9-7-17)15-2-1-13-23-20-10-3-16(4-11-21-23)5-12-22-23/h1-13H2,(H,15,18). The number of morpholine rings is 1. The number of hydrogen-bond donors (Lipinski definition) is 1. The van der Waals surface area contributed by atoms with Crippen LogP contribution in [0.15, 0.2) is 0 Å². The molecule has 8 nitrogen and oxygen atoms in total. The predicted molar refractivity (Wildman–Crippen MR) is 85.3 cm³/mol. The van der Waals surface area contributed by atoms with Crippen molar-refractivity contribution >= 4 is 14.8 Å². The Morgan fingerprint density at radius 1 is 0.913 bits per heavy atom. The van der Waals surface area contributed by atoms with Gasteiger partial charge in [0.05, 0.1) is 33.0 Å². The molecule has 0 unspecified atom stereocenters. The summed E-state index contributed by atoms with van der Waals surface area (Å²) in [5.74, 6) is 0. The molecule has 132 valence electrons. The van der Waals surface area contributed by atoms with Gasteiger partial charge in [-0.25, -0.2) is 4.79 Å². The third-order valence-corrected chi connectivity index (χ3v) is 7.32. The van der Waals surface area contributed by atoms with Crippen molar-refractivity contribution in [3.8, 4) is 0 Å². The lowest BCUT2D eigenvalue weighted by atomic mass is 10.4. The molecule has 2 amide bonds. The Labute approximate surface area is 138 Å². The van der Waals surface area contributed by atoms with E-state index in [9.17, 15) is 4.79 Å². The molecule has 4 aliphatic heterocycles. The maximum Gasteiger partial charge on any atom is 0.501 e. The minimum atomic E-state index is -2.55. The molecule has 4 fully saturated rings. The number of carbonyl (C=O) groups excluding carboxylic acids is 1. The van der Waals surface area contributed by atoms with E-state index in [4.69, 9.17) is 18.0 Å². The fourth-order valence-corrected chi connectivity index (χ4v) is 5.55. The number of ether oxygens (including phenoxy) is 1. The van der Waals surface area contributed by atoms with Gasteiger partial charge in [-0.3, -0.25) is 4.90 Å². The van der Waals surface area contributed by atoms with E-state index in [1.54, 1.807) is 4.90 Å². The van der Waals surface area contributed by atoms with Crippen molar-refractivity contribution < 1.29 is 22.8 Å². The van der Waals surface area contributed by atoms with Crippen LogP contribution in [0.5, 0.6) is 0 Å². The molecule has 2 bridgehead atoms. The fraction of sp³-hybridized carbons (Fsp3) is 0.929. The number of amides is 2. The highest BCUT2D eigenvalue weighted by Crippen LogP contribution is 2.21. The lowest BCUT2D eigenvalue weighted by molar-refractivity contribution is -0.00850. The lowest BCUT2D eigenvalue weighted by Gasteiger charge is -2.38. The average molecular weight is 345 g/mol. The topological polar surface area (TPSA) is 72.5 Å². The molecule has 4 heterocycles. The van der Waals surface area contributed by atoms with Crippen LogP contribution in [0.1, 0.15) is 6.42 Å². The molecule has 0 aromatic rings. The number of rotatable bonds is 4. The van der Waals surface area contributed by atoms with E-state index in [0.29, 0.717) is 52.7 Å². The number of nitrogens with one attached hydrogen (secondary N) is 1. The number of hydrogen-bond acceptors (Lipinski definition) is 6. The second-order valence-electron chi connectivity index (χ2n) is 6.00. The van der Waals surface area contributed by atoms with Crippen LogP contribution in [0.4, 0.5) is 4.79 Å². The number of carbonyl (C=O) groups is 1. The van der Waals surface area contributed by atoms with Gasteiger partial charge in [0.15, 0.2) is 0 Å². The van der Waals surface area contributed by atoms with Gasteiger partial charge in [-0.05, 0) is 6.42 Å². The predicted octanol–water partition coefficient (Wildman–Crippen LogP) is -0.264. The molecule has 0 atom stereocenters. The lowest BCUT2D eigenvalue weighted by Crippen LogP contribution is -2.55. The van der Waals surface area contributed by atoms with Gasteiger partial charge in [0.2, 0.25) is 0 Å². The largest absolute Gasteiger partial charge is 0.501 e. The summed E-state index contributed by atoms with van der Waals surface area (Å²) in [6, 6.07) is 0.748. The van der Waals surface area contributed by atoms with Gasteiger partial charge in [-0.1, -0.05) is 0 Å². The zero-order chi connectivity index (χ0) is 16.0. The highest BCUT2D eigenvalue weighted by molar-refractivity contribution is 6.60. The minimum Gasteiger partial charge on any atom is -0.378 e. The Morgan fingerprint density at radius 2 is 1.52 bits per heavy atom. The summed E-state index contributed by atoms with van der Waals surface area (Å²) in [6.07, 6.45) is 0.812. The summed E-state index contributed by atoms with van der Waals surface area (Å²) in [7, 11) is -2.55. The summed E-state index contributed by atoms with van der Waals surface area (Å²) in [6.45, 7) is 8.07. The van der Waals surface area contributed by atoms with E-state index < -0.39 is 8.80 Å². The van der Waals surface area contributed by atoms with E-state index in [2.05, 4.69) is 10.2 Å². The third-order valence-electron chi connectivity index (χ3n) is 4.42. The molecule has 4 rings (SSSR count). The van der Waals surface area contributed by atoms with E-state index in [1.807, 2.05) is 0 Å². The summed E-state index contributed by atoms with van der Waals surface area (Å²) < 4.78 is 23.2. The Bertz CT molecular complexity index is 368. The van der Waals surface area contributed by atoms with Gasteiger partial charge < -0.3 is 28.2 Å². The van der Waals surface area contributed by atoms with E-state index in [-0.39, 0.29) is 6.03 Å². The van der Waals surface area contributed by atoms with E-state index in [0.717, 1.165) is 32.1 Å². The van der Waals surface area contributed by atoms with Crippen LogP contribution in [0, 0.1) is 0 Å². The summed E-state index contributed by atoms with van der Waals surface area (Å²) in [5, 5.41) is 2.97. The number of nitrogens with zero attached hydrogens (tertiary/aromatic N) is 2. The zero-order valence-corrected chi connectivity index (χ0v) is 14.6. The molecule has 23 heavy (non-hydrogen) atoms. The number of urea groups is 1. The third kappa shape index (κ3) is 4.88. The van der Waals surface area contributed by atoms with Gasteiger partial charge in [0, 0.05) is 45.3 Å². The summed E-state index contributed by atoms with van der Waals surface area (Å²) in [5.41, 5.74) is 0. The second kappa shape index (κ2) is 8.40. The molecule has 9 heteroatoms. The van der Waals surface area contributed by atoms with Gasteiger partial charge in [-0.15, -0.1) is 0 Å². The maximum absolute atomic E-state index is 12.0. The molecule has 0 spiro atoms. The molecule has 4 aliphatic rings. The van der Waals surface area contributed by atoms with Gasteiger partial charge in [0.1, 0.15) is 0 Å². The Hall–Kier alpha value is -0.713. The van der Waals surface area contributed by atoms with Crippen LogP contribution in [0.25, 0.3) is 0 Å². The smallest absolute Gasteiger partial charge is 0.378 e. The molecule has 0 aromatic heterocycles. The molecule has 0 radical (unpaired) electrons. The van der Waals surface area contributed by atoms with E-state index in [1.165, 1.54) is 0 Å². The summed E-state index contributed by atoms with van der Waals surface area (Å²) >= 11 is 0. The number of fused-ring (bicyclic) bond motifs is 6. The average Bonchev–Trinajstić information content (AvgIpc) is 2.52. The Morgan fingerprint density at radius 3 is 2.13 bits per heavy atom. The monoisotopic (exact) mass is 345 g/mol. The van der Waals surface area contributed by atoms with Gasteiger partial charge in [-0.2, -0.15) is 0 Å². The van der Waals surface area contributed by atoms with Crippen molar-refractivity contribution in [2.75, 3.05) is 72.3 Å². The van der Waals surface area contributed by atoms with Crippen molar-refractivity contribution in [2.24, 2.45) is 0 Å². The highest BCUT2D eigenvalue weighted by atomic mass is 28.4. The first kappa shape index (κ1) is 17.1. The minimum absolute atomic E-state index is 0.0128. The zero-order valence-electron chi connectivity index (χ0n) is 13.6. The fourth-order valence-electron chi connectivity index (χ4n) is 3.05. The van der Waals surface area contributed by atoms with E-state index >= 15 is 0 Å². The van der Waals surface area contributed by atoms with Crippen molar-refractivity contribution in [3.63, 3.8) is 0 Å². The SMILES string of the molecule is O=C(NCCC[Si]12OCCN(CCO1)CCO2)N1CCOCC1. The molecular formula is C14H27N3O5Si. The van der Waals surface area contributed by atoms with Crippen LogP contribution < -0.4 is 5.32 Å². The Kier molecular flexibility index (Phi) is 6.26. The molecule has 1 N–H and O–H groups in total. The molecular weight excluding hydrogens is 318 g/mol. The first-order chi connectivity index (χ1) is 11.3. The molecule has 0 aliphatic carbocycles. The van der Waals surface area contributed by atoms with Crippen LogP contribution >= 0.6 is 0 Å².